The lowest BCUT2D eigenvalue weighted by atomic mass is 10.2. The predicted molar refractivity (Wildman–Crippen MR) is 92.6 cm³/mol. The van der Waals surface area contributed by atoms with Crippen molar-refractivity contribution in [3.8, 4) is 0 Å². The third kappa shape index (κ3) is 4.21. The molecule has 2 heterocycles. The number of anilines is 2. The van der Waals surface area contributed by atoms with Crippen LogP contribution in [-0.2, 0) is 12.2 Å². The van der Waals surface area contributed by atoms with Gasteiger partial charge in [0.05, 0.1) is 5.75 Å². The zero-order chi connectivity index (χ0) is 16.2. The van der Waals surface area contributed by atoms with Crippen LogP contribution in [-0.4, -0.2) is 20.3 Å². The van der Waals surface area contributed by atoms with E-state index in [0.29, 0.717) is 16.8 Å². The van der Waals surface area contributed by atoms with Gasteiger partial charge in [0.2, 0.25) is 11.0 Å². The number of nitrogens with one attached hydrogen (secondary N) is 1. The van der Waals surface area contributed by atoms with E-state index in [9.17, 15) is 0 Å². The average Bonchev–Trinajstić information content (AvgIpc) is 3.18. The van der Waals surface area contributed by atoms with E-state index in [1.807, 2.05) is 32.0 Å². The molecule has 0 saturated heterocycles. The molecule has 1 aromatic carbocycles. The Kier molecular flexibility index (Phi) is 5.14. The van der Waals surface area contributed by atoms with Gasteiger partial charge in [-0.25, -0.2) is 0 Å². The molecular formula is C14H14ClN5OS2. The predicted octanol–water partition coefficient (Wildman–Crippen LogP) is 4.48. The number of rotatable bonds is 6. The Morgan fingerprint density at radius 1 is 1.35 bits per heavy atom. The Morgan fingerprint density at radius 3 is 2.96 bits per heavy atom. The first-order chi connectivity index (χ1) is 11.1. The molecule has 0 spiro atoms. The van der Waals surface area contributed by atoms with Crippen LogP contribution < -0.4 is 5.32 Å². The minimum Gasteiger partial charge on any atom is -0.338 e. The van der Waals surface area contributed by atoms with Gasteiger partial charge in [-0.3, -0.25) is 0 Å². The van der Waals surface area contributed by atoms with Crippen molar-refractivity contribution >= 4 is 45.5 Å². The molecule has 0 aliphatic rings. The summed E-state index contributed by atoms with van der Waals surface area (Å²) in [6.07, 6.45) is 0.764. The number of benzene rings is 1. The highest BCUT2D eigenvalue weighted by atomic mass is 35.5. The van der Waals surface area contributed by atoms with Crippen molar-refractivity contribution in [1.82, 2.24) is 20.3 Å². The van der Waals surface area contributed by atoms with E-state index >= 15 is 0 Å². The Bertz CT molecular complexity index is 804. The molecule has 3 aromatic rings. The zero-order valence-corrected chi connectivity index (χ0v) is 14.9. The minimum atomic E-state index is 0.581. The van der Waals surface area contributed by atoms with Gasteiger partial charge in [0.25, 0.3) is 0 Å². The van der Waals surface area contributed by atoms with Crippen LogP contribution in [0.5, 0.6) is 0 Å². The Labute approximate surface area is 146 Å². The lowest BCUT2D eigenvalue weighted by Gasteiger charge is -2.03. The summed E-state index contributed by atoms with van der Waals surface area (Å²) in [4.78, 5) is 4.26. The topological polar surface area (TPSA) is 76.7 Å². The molecule has 23 heavy (non-hydrogen) atoms. The van der Waals surface area contributed by atoms with Crippen LogP contribution >= 0.6 is 34.7 Å². The minimum absolute atomic E-state index is 0.581. The summed E-state index contributed by atoms with van der Waals surface area (Å²) in [6.45, 7) is 3.95. The van der Waals surface area contributed by atoms with Gasteiger partial charge in [-0.1, -0.05) is 52.8 Å². The number of hydrogen-bond donors (Lipinski definition) is 1. The third-order valence-electron chi connectivity index (χ3n) is 2.98. The fourth-order valence-corrected chi connectivity index (χ4v) is 3.52. The van der Waals surface area contributed by atoms with Crippen molar-refractivity contribution in [3.05, 3.63) is 40.5 Å². The number of thioether (sulfide) groups is 1. The van der Waals surface area contributed by atoms with Crippen molar-refractivity contribution in [2.45, 2.75) is 30.4 Å². The summed E-state index contributed by atoms with van der Waals surface area (Å²) in [6, 6.07) is 5.79. The lowest BCUT2D eigenvalue weighted by molar-refractivity contribution is 0.385. The van der Waals surface area contributed by atoms with Gasteiger partial charge in [-0.2, -0.15) is 4.98 Å². The number of aromatic nitrogens is 4. The summed E-state index contributed by atoms with van der Waals surface area (Å²) >= 11 is 9.10. The summed E-state index contributed by atoms with van der Waals surface area (Å²) in [7, 11) is 0. The smallest absolute Gasteiger partial charge is 0.237 e. The third-order valence-corrected chi connectivity index (χ3v) is 5.34. The number of nitrogens with zero attached hydrogens (tertiary/aromatic N) is 4. The van der Waals surface area contributed by atoms with E-state index in [1.165, 1.54) is 23.1 Å². The second-order valence-corrected chi connectivity index (χ2v) is 7.32. The van der Waals surface area contributed by atoms with E-state index in [2.05, 4.69) is 25.7 Å². The molecule has 0 aliphatic heterocycles. The molecule has 0 fully saturated rings. The van der Waals surface area contributed by atoms with Crippen LogP contribution in [0, 0.1) is 6.92 Å². The molecule has 0 radical (unpaired) electrons. The number of halogens is 1. The van der Waals surface area contributed by atoms with E-state index in [-0.39, 0.29) is 0 Å². The van der Waals surface area contributed by atoms with Gasteiger partial charge < -0.3 is 9.84 Å². The van der Waals surface area contributed by atoms with Gasteiger partial charge in [0.1, 0.15) is 0 Å². The summed E-state index contributed by atoms with van der Waals surface area (Å²) in [5, 5.41) is 16.8. The molecule has 3 rings (SSSR count). The molecule has 0 atom stereocenters. The summed E-state index contributed by atoms with van der Waals surface area (Å²) in [5.74, 6) is 1.90. The van der Waals surface area contributed by atoms with Crippen LogP contribution in [0.2, 0.25) is 5.02 Å². The number of hydrogen-bond acceptors (Lipinski definition) is 8. The maximum atomic E-state index is 6.12. The highest BCUT2D eigenvalue weighted by Crippen LogP contribution is 2.30. The normalized spacial score (nSPS) is 10.9. The van der Waals surface area contributed by atoms with E-state index in [4.69, 9.17) is 16.1 Å². The molecule has 2 aromatic heterocycles. The quantitative estimate of drug-likeness (QED) is 0.643. The Hall–Kier alpha value is -1.64. The zero-order valence-electron chi connectivity index (χ0n) is 12.5. The second kappa shape index (κ2) is 7.29. The van der Waals surface area contributed by atoms with Crippen LogP contribution in [0.3, 0.4) is 0 Å². The van der Waals surface area contributed by atoms with Crippen LogP contribution in [0.4, 0.5) is 10.8 Å². The molecule has 120 valence electrons. The van der Waals surface area contributed by atoms with Crippen LogP contribution in [0.15, 0.2) is 27.1 Å². The monoisotopic (exact) mass is 367 g/mol. The standard InChI is InChI=1S/C14H14ClN5OS2/c1-3-11-17-12(21-20-11)7-22-14-19-18-13(23-14)16-9-5-4-8(2)10(15)6-9/h4-6H,3,7H2,1-2H3,(H,16,18). The maximum absolute atomic E-state index is 6.12. The molecule has 6 nitrogen and oxygen atoms in total. The van der Waals surface area contributed by atoms with Crippen molar-refractivity contribution in [2.24, 2.45) is 0 Å². The first-order valence-electron chi connectivity index (χ1n) is 6.95. The van der Waals surface area contributed by atoms with Crippen LogP contribution in [0.1, 0.15) is 24.2 Å². The highest BCUT2D eigenvalue weighted by Gasteiger charge is 2.09. The molecule has 0 unspecified atom stereocenters. The Morgan fingerprint density at radius 2 is 2.22 bits per heavy atom. The Balaban J connectivity index is 1.60. The van der Waals surface area contributed by atoms with E-state index in [1.54, 1.807) is 0 Å². The number of aryl methyl sites for hydroxylation is 2. The van der Waals surface area contributed by atoms with Gasteiger partial charge in [-0.05, 0) is 24.6 Å². The van der Waals surface area contributed by atoms with Crippen molar-refractivity contribution in [3.63, 3.8) is 0 Å². The van der Waals surface area contributed by atoms with E-state index < -0.39 is 0 Å². The highest BCUT2D eigenvalue weighted by molar-refractivity contribution is 8.00. The summed E-state index contributed by atoms with van der Waals surface area (Å²) in [5.41, 5.74) is 1.93. The first kappa shape index (κ1) is 16.2. The molecule has 0 bridgehead atoms. The molecule has 0 amide bonds. The summed E-state index contributed by atoms with van der Waals surface area (Å²) < 4.78 is 5.98. The fraction of sp³-hybridized carbons (Fsp3) is 0.286. The lowest BCUT2D eigenvalue weighted by Crippen LogP contribution is -1.89. The van der Waals surface area contributed by atoms with Crippen molar-refractivity contribution < 1.29 is 4.52 Å². The first-order valence-corrected chi connectivity index (χ1v) is 9.13. The van der Waals surface area contributed by atoms with Gasteiger partial charge in [0, 0.05) is 17.1 Å². The van der Waals surface area contributed by atoms with Gasteiger partial charge in [-0.15, -0.1) is 10.2 Å². The maximum Gasteiger partial charge on any atom is 0.237 e. The molecule has 1 N–H and O–H groups in total. The van der Waals surface area contributed by atoms with Crippen LogP contribution in [0.25, 0.3) is 0 Å². The van der Waals surface area contributed by atoms with Gasteiger partial charge >= 0.3 is 0 Å². The molecular weight excluding hydrogens is 354 g/mol. The molecule has 9 heteroatoms. The average molecular weight is 368 g/mol. The van der Waals surface area contributed by atoms with Gasteiger partial charge in [0.15, 0.2) is 10.2 Å². The second-order valence-electron chi connectivity index (χ2n) is 4.71. The fourth-order valence-electron chi connectivity index (χ4n) is 1.73. The van der Waals surface area contributed by atoms with Crippen molar-refractivity contribution in [2.75, 3.05) is 5.32 Å². The largest absolute Gasteiger partial charge is 0.338 e. The molecule has 0 saturated carbocycles. The SMILES string of the molecule is CCc1noc(CSc2nnc(Nc3ccc(C)c(Cl)c3)s2)n1. The van der Waals surface area contributed by atoms with E-state index in [0.717, 1.165) is 32.9 Å². The van der Waals surface area contributed by atoms with Crippen molar-refractivity contribution in [1.29, 1.82) is 0 Å². The molecule has 0 aliphatic carbocycles.